The number of rotatable bonds is 10. The summed E-state index contributed by atoms with van der Waals surface area (Å²) in [6, 6.07) is -2.84. The first-order chi connectivity index (χ1) is 14.5. The van der Waals surface area contributed by atoms with Crippen molar-refractivity contribution in [3.8, 4) is 0 Å². The fourth-order valence-electron chi connectivity index (χ4n) is 0.918. The molecule has 0 aliphatic heterocycles. The van der Waals surface area contributed by atoms with Crippen molar-refractivity contribution in [1.82, 2.24) is 0 Å². The molecule has 0 fully saturated rings. The Hall–Kier alpha value is -3.54. The fraction of sp³-hybridized carbons (Fsp3) is 0.600. The first-order valence-electron chi connectivity index (χ1n) is 8.63. The van der Waals surface area contributed by atoms with Gasteiger partial charge in [-0.2, -0.15) is 0 Å². The summed E-state index contributed by atoms with van der Waals surface area (Å²) in [6.45, 7) is 1.56. The molecule has 0 radical (unpaired) electrons. The third-order valence-electron chi connectivity index (χ3n) is 2.56. The third-order valence-corrected chi connectivity index (χ3v) is 2.56. The molecule has 0 aromatic carbocycles. The van der Waals surface area contributed by atoms with Gasteiger partial charge in [-0.1, -0.05) is 0 Å². The molecule has 188 valence electrons. The van der Waals surface area contributed by atoms with E-state index in [1.54, 1.807) is 0 Å². The number of nitrogens with zero attached hydrogens (tertiary/aromatic N) is 1. The van der Waals surface area contributed by atoms with Gasteiger partial charge in [-0.05, 0) is 19.8 Å². The smallest absolute Gasteiger partial charge is 0.321 e. The normalized spacial score (nSPS) is 11.8. The van der Waals surface area contributed by atoms with Crippen molar-refractivity contribution in [1.29, 1.82) is 0 Å². The number of aliphatic carboxylic acids is 5. The minimum Gasteiger partial charge on any atom is -0.481 e. The van der Waals surface area contributed by atoms with Gasteiger partial charge in [0.25, 0.3) is 0 Å². The van der Waals surface area contributed by atoms with Gasteiger partial charge in [0.05, 0.1) is 13.0 Å². The zero-order valence-corrected chi connectivity index (χ0v) is 17.5. The molecule has 0 saturated heterocycles. The summed E-state index contributed by atoms with van der Waals surface area (Å²) in [4.78, 5) is 52.3. The van der Waals surface area contributed by atoms with Crippen molar-refractivity contribution in [2.45, 2.75) is 44.3 Å². The molecule has 32 heavy (non-hydrogen) atoms. The molecule has 0 bridgehead atoms. The molecule has 0 rings (SSSR count). The average Bonchev–Trinajstić information content (AvgIpc) is 2.65. The molecular weight excluding hydrogens is 438 g/mol. The monoisotopic (exact) mass is 471 g/mol. The number of carboxylic acid groups (broad SMARTS) is 5. The molecule has 0 spiro atoms. The minimum atomic E-state index is -1.29. The lowest BCUT2D eigenvalue weighted by atomic mass is 10.2. The van der Waals surface area contributed by atoms with Crippen LogP contribution in [0.4, 0.5) is 0 Å². The second-order valence-corrected chi connectivity index (χ2v) is 5.66. The first-order valence-corrected chi connectivity index (χ1v) is 8.63. The topological polar surface area (TPSA) is 355 Å². The van der Waals surface area contributed by atoms with E-state index >= 15 is 0 Å². The number of hydrogen-bond acceptors (Lipinski definition) is 10. The second kappa shape index (κ2) is 22.2. The standard InChI is InChI=1S/C6H14N4O2.C4H7NO4.C3H7NO2.C2H5NO2/c7-4(5(11)12)2-1-3-10-6(8)9;5-2(4(8)9)1-3(6)7;1-2(4)3(5)6;3-1-2(4)5/h4H,1-3,7H2,(H,11,12)(H4,8,9,10);2H,1,5H2,(H,6,7)(H,8,9);2H,4H2,1H3,(H,5,6);1,3H2,(H,4,5). The summed E-state index contributed by atoms with van der Waals surface area (Å²) in [5, 5.41) is 39.9. The van der Waals surface area contributed by atoms with Crippen LogP contribution >= 0.6 is 0 Å². The van der Waals surface area contributed by atoms with Crippen LogP contribution in [0.2, 0.25) is 0 Å². The summed E-state index contributed by atoms with van der Waals surface area (Å²) in [5.41, 5.74) is 29.6. The summed E-state index contributed by atoms with van der Waals surface area (Å²) < 4.78 is 0. The summed E-state index contributed by atoms with van der Waals surface area (Å²) in [6.07, 6.45) is 0.423. The van der Waals surface area contributed by atoms with Crippen molar-refractivity contribution < 1.29 is 49.5 Å². The minimum absolute atomic E-state index is 0.0129. The molecule has 0 aliphatic carbocycles. The molecule has 17 nitrogen and oxygen atoms in total. The predicted molar refractivity (Wildman–Crippen MR) is 111 cm³/mol. The van der Waals surface area contributed by atoms with Crippen LogP contribution in [0.1, 0.15) is 26.2 Å². The van der Waals surface area contributed by atoms with Crippen molar-refractivity contribution in [3.63, 3.8) is 0 Å². The lowest BCUT2D eigenvalue weighted by Crippen LogP contribution is -2.32. The Labute approximate surface area is 183 Å². The van der Waals surface area contributed by atoms with Crippen LogP contribution in [0.25, 0.3) is 0 Å². The number of nitrogens with two attached hydrogens (primary N) is 6. The Morgan fingerprint density at radius 2 is 1.16 bits per heavy atom. The summed E-state index contributed by atoms with van der Waals surface area (Å²) in [7, 11) is 0. The molecule has 0 amide bonds. The van der Waals surface area contributed by atoms with Crippen molar-refractivity contribution in [3.05, 3.63) is 0 Å². The van der Waals surface area contributed by atoms with Crippen LogP contribution in [0.15, 0.2) is 4.99 Å². The van der Waals surface area contributed by atoms with Crippen LogP contribution in [-0.2, 0) is 24.0 Å². The summed E-state index contributed by atoms with van der Waals surface area (Å²) >= 11 is 0. The zero-order chi connectivity index (χ0) is 26.4. The highest BCUT2D eigenvalue weighted by atomic mass is 16.4. The van der Waals surface area contributed by atoms with E-state index in [1.807, 2.05) is 0 Å². The molecule has 0 aromatic rings. The zero-order valence-electron chi connectivity index (χ0n) is 17.5. The first kappa shape index (κ1) is 35.9. The van der Waals surface area contributed by atoms with Gasteiger partial charge in [-0.3, -0.25) is 29.0 Å². The van der Waals surface area contributed by atoms with Crippen LogP contribution in [0, 0.1) is 0 Å². The summed E-state index contributed by atoms with van der Waals surface area (Å²) in [5.74, 6) is -5.42. The van der Waals surface area contributed by atoms with Gasteiger partial charge in [0, 0.05) is 6.54 Å². The number of hydrogen-bond donors (Lipinski definition) is 11. The van der Waals surface area contributed by atoms with Gasteiger partial charge in [-0.15, -0.1) is 0 Å². The van der Waals surface area contributed by atoms with Gasteiger partial charge >= 0.3 is 29.8 Å². The maximum Gasteiger partial charge on any atom is 0.321 e. The Kier molecular flexibility index (Phi) is 24.8. The van der Waals surface area contributed by atoms with Crippen LogP contribution in [0.5, 0.6) is 0 Å². The van der Waals surface area contributed by atoms with Gasteiger partial charge in [0.2, 0.25) is 0 Å². The van der Waals surface area contributed by atoms with E-state index in [1.165, 1.54) is 6.92 Å². The quantitative estimate of drug-likeness (QED) is 0.0815. The highest BCUT2D eigenvalue weighted by Gasteiger charge is 2.14. The molecule has 3 unspecified atom stereocenters. The van der Waals surface area contributed by atoms with E-state index in [2.05, 4.69) is 10.7 Å². The number of guanidine groups is 1. The van der Waals surface area contributed by atoms with Crippen LogP contribution in [-0.4, -0.2) is 92.6 Å². The maximum absolute atomic E-state index is 10.2. The lowest BCUT2D eigenvalue weighted by molar-refractivity contribution is -0.144. The Balaban J connectivity index is -0.000000173. The lowest BCUT2D eigenvalue weighted by Gasteiger charge is -2.03. The number of aliphatic imine (C=N–C) groups is 1. The molecule has 0 aliphatic rings. The predicted octanol–water partition coefficient (Wildman–Crippen LogP) is -4.23. The molecule has 0 saturated carbocycles. The molecule has 0 heterocycles. The van der Waals surface area contributed by atoms with Gasteiger partial charge < -0.3 is 59.9 Å². The van der Waals surface area contributed by atoms with E-state index in [4.69, 9.17) is 54.2 Å². The van der Waals surface area contributed by atoms with Crippen LogP contribution in [0.3, 0.4) is 0 Å². The van der Waals surface area contributed by atoms with Crippen molar-refractivity contribution in [2.24, 2.45) is 39.4 Å². The van der Waals surface area contributed by atoms with E-state index in [0.717, 1.165) is 0 Å². The average molecular weight is 471 g/mol. The third kappa shape index (κ3) is 37.2. The Bertz CT molecular complexity index is 609. The highest BCUT2D eigenvalue weighted by Crippen LogP contribution is 1.94. The van der Waals surface area contributed by atoms with Crippen molar-refractivity contribution >= 4 is 35.8 Å². The van der Waals surface area contributed by atoms with Crippen LogP contribution < -0.4 is 34.4 Å². The molecule has 17 N–H and O–H groups in total. The molecule has 17 heteroatoms. The van der Waals surface area contributed by atoms with E-state index in [-0.39, 0.29) is 12.5 Å². The number of carboxylic acids is 5. The maximum atomic E-state index is 10.2. The molecule has 0 aromatic heterocycles. The Morgan fingerprint density at radius 3 is 1.34 bits per heavy atom. The largest absolute Gasteiger partial charge is 0.481 e. The van der Waals surface area contributed by atoms with Gasteiger partial charge in [0.15, 0.2) is 5.96 Å². The van der Waals surface area contributed by atoms with E-state index < -0.39 is 54.4 Å². The van der Waals surface area contributed by atoms with E-state index in [0.29, 0.717) is 19.4 Å². The van der Waals surface area contributed by atoms with Crippen molar-refractivity contribution in [2.75, 3.05) is 13.1 Å². The fourth-order valence-corrected chi connectivity index (χ4v) is 0.918. The Morgan fingerprint density at radius 1 is 0.781 bits per heavy atom. The molecular formula is C15H33N7O10. The van der Waals surface area contributed by atoms with E-state index in [9.17, 15) is 24.0 Å². The molecule has 3 atom stereocenters. The second-order valence-electron chi connectivity index (χ2n) is 5.66. The van der Waals surface area contributed by atoms with Gasteiger partial charge in [-0.25, -0.2) is 0 Å². The SMILES string of the molecule is CC(N)C(=O)O.NC(CC(=O)O)C(=O)O.NC(N)=NCCCC(N)C(=O)O.NCC(=O)O. The highest BCUT2D eigenvalue weighted by molar-refractivity contribution is 5.80. The van der Waals surface area contributed by atoms with Gasteiger partial charge in [0.1, 0.15) is 18.1 Å². The number of carbonyl (C=O) groups is 5.